The van der Waals surface area contributed by atoms with Crippen LogP contribution in [0.4, 0.5) is 0 Å². The van der Waals surface area contributed by atoms with Gasteiger partial charge >= 0.3 is 5.97 Å². The third-order valence-corrected chi connectivity index (χ3v) is 2.10. The Bertz CT molecular complexity index is 321. The molecule has 1 aliphatic carbocycles. The van der Waals surface area contributed by atoms with Gasteiger partial charge in [0.15, 0.2) is 0 Å². The lowest BCUT2D eigenvalue weighted by Crippen LogP contribution is -2.08. The van der Waals surface area contributed by atoms with E-state index >= 15 is 0 Å². The molecule has 3 heteroatoms. The molecule has 0 amide bonds. The van der Waals surface area contributed by atoms with Gasteiger partial charge in [0, 0.05) is 6.42 Å². The van der Waals surface area contributed by atoms with Crippen LogP contribution in [0.2, 0.25) is 0 Å². The van der Waals surface area contributed by atoms with Gasteiger partial charge in [0.2, 0.25) is 0 Å². The maximum atomic E-state index is 11.3. The number of allylic oxidation sites excluding steroid dienone is 3. The Morgan fingerprint density at radius 2 is 2.43 bits per heavy atom. The van der Waals surface area contributed by atoms with Gasteiger partial charge in [0.25, 0.3) is 0 Å². The highest BCUT2D eigenvalue weighted by molar-refractivity contribution is 5.93. The predicted molar refractivity (Wildman–Crippen MR) is 52.0 cm³/mol. The zero-order valence-corrected chi connectivity index (χ0v) is 8.25. The quantitative estimate of drug-likeness (QED) is 0.382. The number of ether oxygens (including phenoxy) is 1. The Labute approximate surface area is 83.7 Å². The molecule has 14 heavy (non-hydrogen) atoms. The van der Waals surface area contributed by atoms with Crippen molar-refractivity contribution in [2.24, 2.45) is 0 Å². The van der Waals surface area contributed by atoms with Gasteiger partial charge in [-0.3, -0.25) is 0 Å². The third kappa shape index (κ3) is 2.74. The summed E-state index contributed by atoms with van der Waals surface area (Å²) in [7, 11) is 0. The molecule has 0 saturated heterocycles. The summed E-state index contributed by atoms with van der Waals surface area (Å²) in [6.07, 6.45) is 7.35. The van der Waals surface area contributed by atoms with Crippen LogP contribution in [0.3, 0.4) is 0 Å². The minimum absolute atomic E-state index is 0.0662. The van der Waals surface area contributed by atoms with E-state index in [4.69, 9.17) is 10.00 Å². The predicted octanol–water partition coefficient (Wildman–Crippen LogP) is 2.46. The largest absolute Gasteiger partial charge is 0.427 e. The van der Waals surface area contributed by atoms with Crippen LogP contribution in [0, 0.1) is 11.3 Å². The van der Waals surface area contributed by atoms with E-state index in [-0.39, 0.29) is 5.57 Å². The first-order valence-electron chi connectivity index (χ1n) is 4.75. The number of nitriles is 1. The minimum atomic E-state index is -0.539. The lowest BCUT2D eigenvalue weighted by Gasteiger charge is -2.11. The Kier molecular flexibility index (Phi) is 3.93. The van der Waals surface area contributed by atoms with Crippen LogP contribution < -0.4 is 0 Å². The molecule has 0 heterocycles. The van der Waals surface area contributed by atoms with Crippen LogP contribution in [0.5, 0.6) is 0 Å². The van der Waals surface area contributed by atoms with Gasteiger partial charge in [-0.15, -0.1) is 0 Å². The van der Waals surface area contributed by atoms with E-state index in [1.807, 2.05) is 6.08 Å². The van der Waals surface area contributed by atoms with Gasteiger partial charge in [-0.25, -0.2) is 4.79 Å². The van der Waals surface area contributed by atoms with Crippen molar-refractivity contribution in [3.05, 3.63) is 23.5 Å². The van der Waals surface area contributed by atoms with Crippen LogP contribution in [0.15, 0.2) is 23.5 Å². The Morgan fingerprint density at radius 3 is 2.93 bits per heavy atom. The zero-order chi connectivity index (χ0) is 10.4. The number of rotatable bonds is 2. The molecule has 0 aliphatic heterocycles. The van der Waals surface area contributed by atoms with Crippen LogP contribution in [-0.2, 0) is 9.53 Å². The Balaban J connectivity index is 2.56. The number of hydrogen-bond acceptors (Lipinski definition) is 3. The van der Waals surface area contributed by atoms with Gasteiger partial charge in [0.1, 0.15) is 17.4 Å². The molecule has 0 saturated carbocycles. The number of carbonyl (C=O) groups excluding carboxylic acids is 1. The van der Waals surface area contributed by atoms with Crippen LogP contribution in [0.1, 0.15) is 32.6 Å². The maximum Gasteiger partial charge on any atom is 0.353 e. The summed E-state index contributed by atoms with van der Waals surface area (Å²) in [6.45, 7) is 1.65. The average Bonchev–Trinajstić information content (AvgIpc) is 2.21. The summed E-state index contributed by atoms with van der Waals surface area (Å²) in [5.74, 6) is 0.166. The fourth-order valence-electron chi connectivity index (χ4n) is 1.30. The molecule has 1 rings (SSSR count). The number of carbonyl (C=O) groups is 1. The third-order valence-electron chi connectivity index (χ3n) is 2.10. The number of hydrogen-bond donors (Lipinski definition) is 0. The zero-order valence-electron chi connectivity index (χ0n) is 8.25. The van der Waals surface area contributed by atoms with Crippen LogP contribution >= 0.6 is 0 Å². The first-order valence-corrected chi connectivity index (χ1v) is 4.75. The second kappa shape index (κ2) is 5.23. The van der Waals surface area contributed by atoms with Crippen molar-refractivity contribution in [2.75, 3.05) is 0 Å². The standard InChI is InChI=1S/C11H13NO2/c1-2-9(8-12)11(13)14-10-6-4-3-5-7-10/h2,6H,3-5,7H2,1H3. The van der Waals surface area contributed by atoms with Gasteiger partial charge in [-0.1, -0.05) is 6.08 Å². The second-order valence-corrected chi connectivity index (χ2v) is 3.12. The van der Waals surface area contributed by atoms with Crippen LogP contribution in [0.25, 0.3) is 0 Å². The average molecular weight is 191 g/mol. The van der Waals surface area contributed by atoms with Gasteiger partial charge < -0.3 is 4.74 Å². The summed E-state index contributed by atoms with van der Waals surface area (Å²) >= 11 is 0. The molecule has 0 spiro atoms. The van der Waals surface area contributed by atoms with Crippen molar-refractivity contribution in [3.63, 3.8) is 0 Å². The van der Waals surface area contributed by atoms with Crippen molar-refractivity contribution in [3.8, 4) is 6.07 Å². The van der Waals surface area contributed by atoms with Crippen molar-refractivity contribution in [1.29, 1.82) is 5.26 Å². The molecule has 0 aromatic heterocycles. The van der Waals surface area contributed by atoms with Crippen molar-refractivity contribution in [2.45, 2.75) is 32.6 Å². The highest BCUT2D eigenvalue weighted by Gasteiger charge is 2.13. The normalized spacial score (nSPS) is 16.9. The number of esters is 1. The molecule has 0 bridgehead atoms. The summed E-state index contributed by atoms with van der Waals surface area (Å²) < 4.78 is 5.07. The molecule has 0 radical (unpaired) electrons. The fourth-order valence-corrected chi connectivity index (χ4v) is 1.30. The molecule has 1 aliphatic rings. The van der Waals surface area contributed by atoms with E-state index in [0.29, 0.717) is 5.76 Å². The summed E-state index contributed by atoms with van der Waals surface area (Å²) in [5, 5.41) is 8.59. The molecular formula is C11H13NO2. The lowest BCUT2D eigenvalue weighted by molar-refractivity contribution is -0.134. The van der Waals surface area contributed by atoms with Crippen molar-refractivity contribution >= 4 is 5.97 Å². The van der Waals surface area contributed by atoms with Crippen molar-refractivity contribution in [1.82, 2.24) is 0 Å². The van der Waals surface area contributed by atoms with Crippen LogP contribution in [-0.4, -0.2) is 5.97 Å². The molecule has 74 valence electrons. The molecule has 0 fully saturated rings. The highest BCUT2D eigenvalue weighted by Crippen LogP contribution is 2.19. The molecule has 3 nitrogen and oxygen atoms in total. The molecule has 0 N–H and O–H groups in total. The van der Waals surface area contributed by atoms with E-state index in [1.54, 1.807) is 13.0 Å². The first kappa shape index (κ1) is 10.5. The lowest BCUT2D eigenvalue weighted by atomic mass is 10.1. The van der Waals surface area contributed by atoms with E-state index in [1.165, 1.54) is 6.08 Å². The van der Waals surface area contributed by atoms with Gasteiger partial charge in [0.05, 0.1) is 0 Å². The maximum absolute atomic E-state index is 11.3. The van der Waals surface area contributed by atoms with E-state index in [0.717, 1.165) is 25.7 Å². The summed E-state index contributed by atoms with van der Waals surface area (Å²) in [4.78, 5) is 11.3. The Morgan fingerprint density at radius 1 is 1.64 bits per heavy atom. The second-order valence-electron chi connectivity index (χ2n) is 3.12. The smallest absolute Gasteiger partial charge is 0.353 e. The van der Waals surface area contributed by atoms with E-state index < -0.39 is 5.97 Å². The molecule has 0 atom stereocenters. The van der Waals surface area contributed by atoms with Gasteiger partial charge in [-0.05, 0) is 32.3 Å². The SMILES string of the molecule is CC=C(C#N)C(=O)OC1=CCCCC1. The van der Waals surface area contributed by atoms with E-state index in [2.05, 4.69) is 0 Å². The first-order chi connectivity index (χ1) is 6.77. The summed E-state index contributed by atoms with van der Waals surface area (Å²) in [5.41, 5.74) is 0.0662. The summed E-state index contributed by atoms with van der Waals surface area (Å²) in [6, 6.07) is 1.80. The monoisotopic (exact) mass is 191 g/mol. The number of nitrogens with zero attached hydrogens (tertiary/aromatic N) is 1. The highest BCUT2D eigenvalue weighted by atomic mass is 16.5. The molecular weight excluding hydrogens is 178 g/mol. The topological polar surface area (TPSA) is 50.1 Å². The Hall–Kier alpha value is -1.56. The van der Waals surface area contributed by atoms with E-state index in [9.17, 15) is 4.79 Å². The molecule has 0 aromatic carbocycles. The van der Waals surface area contributed by atoms with Crippen molar-refractivity contribution < 1.29 is 9.53 Å². The minimum Gasteiger partial charge on any atom is -0.427 e. The van der Waals surface area contributed by atoms with Gasteiger partial charge in [-0.2, -0.15) is 5.26 Å². The molecule has 0 unspecified atom stereocenters. The fraction of sp³-hybridized carbons (Fsp3) is 0.455. The molecule has 0 aromatic rings.